The van der Waals surface area contributed by atoms with Crippen LogP contribution < -0.4 is 10.6 Å². The van der Waals surface area contributed by atoms with Crippen molar-refractivity contribution >= 4 is 23.3 Å². The van der Waals surface area contributed by atoms with E-state index in [2.05, 4.69) is 25.8 Å². The van der Waals surface area contributed by atoms with Crippen LogP contribution in [0.25, 0.3) is 0 Å². The van der Waals surface area contributed by atoms with E-state index in [1.165, 1.54) is 16.7 Å². The Morgan fingerprint density at radius 2 is 2.10 bits per heavy atom. The zero-order chi connectivity index (χ0) is 14.4. The summed E-state index contributed by atoms with van der Waals surface area (Å²) in [6.45, 7) is 0.433. The third-order valence-corrected chi connectivity index (χ3v) is 3.08. The molecule has 0 saturated carbocycles. The van der Waals surface area contributed by atoms with Crippen molar-refractivity contribution in [3.63, 3.8) is 0 Å². The molecule has 2 aromatic heterocycles. The van der Waals surface area contributed by atoms with Gasteiger partial charge in [0.05, 0.1) is 18.8 Å². The van der Waals surface area contributed by atoms with Gasteiger partial charge in [-0.25, -0.2) is 14.6 Å². The van der Waals surface area contributed by atoms with E-state index in [0.29, 0.717) is 10.7 Å². The second kappa shape index (κ2) is 6.57. The summed E-state index contributed by atoms with van der Waals surface area (Å²) in [5.41, 5.74) is 0.622. The Labute approximate surface area is 117 Å². The molecule has 104 valence electrons. The van der Waals surface area contributed by atoms with Crippen molar-refractivity contribution in [3.05, 3.63) is 40.1 Å². The summed E-state index contributed by atoms with van der Waals surface area (Å²) in [6, 6.07) is 3.08. The first-order valence-corrected chi connectivity index (χ1v) is 6.49. The minimum Gasteiger partial charge on any atom is -0.476 e. The number of hydrogen-bond acceptors (Lipinski definition) is 6. The molecule has 0 fully saturated rings. The van der Waals surface area contributed by atoms with E-state index in [1.807, 2.05) is 0 Å². The van der Waals surface area contributed by atoms with Crippen molar-refractivity contribution in [1.82, 2.24) is 25.8 Å². The normalized spacial score (nSPS) is 10.0. The Balaban J connectivity index is 1.76. The van der Waals surface area contributed by atoms with Crippen LogP contribution in [0.2, 0.25) is 0 Å². The lowest BCUT2D eigenvalue weighted by Crippen LogP contribution is -2.34. The van der Waals surface area contributed by atoms with Crippen LogP contribution in [0, 0.1) is 0 Å². The van der Waals surface area contributed by atoms with Crippen LogP contribution in [0.15, 0.2) is 23.7 Å². The molecular formula is C11H11N5O3S. The molecule has 0 unspecified atom stereocenters. The molecule has 0 aromatic carbocycles. The second-order valence-electron chi connectivity index (χ2n) is 3.68. The van der Waals surface area contributed by atoms with E-state index < -0.39 is 5.97 Å². The molecule has 0 aliphatic heterocycles. The number of amides is 2. The monoisotopic (exact) mass is 293 g/mol. The minimum absolute atomic E-state index is 0.0215. The van der Waals surface area contributed by atoms with Gasteiger partial charge in [-0.2, -0.15) is 10.2 Å². The van der Waals surface area contributed by atoms with Gasteiger partial charge in [-0.3, -0.25) is 0 Å². The van der Waals surface area contributed by atoms with E-state index in [-0.39, 0.29) is 24.8 Å². The van der Waals surface area contributed by atoms with E-state index in [0.717, 1.165) is 0 Å². The molecule has 0 bridgehead atoms. The first-order valence-electron chi connectivity index (χ1n) is 5.61. The van der Waals surface area contributed by atoms with Crippen molar-refractivity contribution in [2.24, 2.45) is 0 Å². The van der Waals surface area contributed by atoms with Gasteiger partial charge in [0.25, 0.3) is 0 Å². The molecule has 2 aromatic rings. The number of hydrogen-bond donors (Lipinski definition) is 3. The number of aromatic nitrogens is 3. The van der Waals surface area contributed by atoms with Gasteiger partial charge in [0.15, 0.2) is 5.69 Å². The van der Waals surface area contributed by atoms with Crippen molar-refractivity contribution in [2.45, 2.75) is 13.1 Å². The average Bonchev–Trinajstić information content (AvgIpc) is 2.93. The number of nitrogens with one attached hydrogen (secondary N) is 2. The van der Waals surface area contributed by atoms with Crippen LogP contribution in [0.3, 0.4) is 0 Å². The van der Waals surface area contributed by atoms with Gasteiger partial charge in [0.2, 0.25) is 0 Å². The average molecular weight is 293 g/mol. The summed E-state index contributed by atoms with van der Waals surface area (Å²) in [6.07, 6.45) is 1.55. The summed E-state index contributed by atoms with van der Waals surface area (Å²) < 4.78 is 0. The number of carbonyl (C=O) groups excluding carboxylic acids is 1. The van der Waals surface area contributed by atoms with Crippen molar-refractivity contribution in [1.29, 1.82) is 0 Å². The van der Waals surface area contributed by atoms with Gasteiger partial charge in [-0.1, -0.05) is 0 Å². The van der Waals surface area contributed by atoms with Gasteiger partial charge in [0, 0.05) is 11.6 Å². The number of nitrogens with zero attached hydrogens (tertiary/aromatic N) is 3. The standard InChI is InChI=1S/C11H11N5O3S/c17-10(18)8-6-20-9(15-8)5-13-11(19)12-4-7-2-1-3-14-16-7/h1-3,6H,4-5H2,(H,17,18)(H2,12,13,19). The number of thiazole rings is 1. The predicted molar refractivity (Wildman–Crippen MR) is 70.2 cm³/mol. The molecule has 8 nitrogen and oxygen atoms in total. The highest BCUT2D eigenvalue weighted by atomic mass is 32.1. The molecule has 2 amide bonds. The molecule has 3 N–H and O–H groups in total. The van der Waals surface area contributed by atoms with Crippen LogP contribution in [-0.4, -0.2) is 32.3 Å². The summed E-state index contributed by atoms with van der Waals surface area (Å²) >= 11 is 1.18. The molecular weight excluding hydrogens is 282 g/mol. The van der Waals surface area contributed by atoms with Crippen LogP contribution in [0.5, 0.6) is 0 Å². The lowest BCUT2D eigenvalue weighted by molar-refractivity contribution is 0.0691. The summed E-state index contributed by atoms with van der Waals surface area (Å²) in [5.74, 6) is -1.08. The van der Waals surface area contributed by atoms with E-state index in [4.69, 9.17) is 5.11 Å². The van der Waals surface area contributed by atoms with Gasteiger partial charge < -0.3 is 15.7 Å². The highest BCUT2D eigenvalue weighted by Gasteiger charge is 2.09. The maximum atomic E-state index is 11.5. The van der Waals surface area contributed by atoms with E-state index in [1.54, 1.807) is 18.3 Å². The van der Waals surface area contributed by atoms with Gasteiger partial charge in [-0.15, -0.1) is 11.3 Å². The minimum atomic E-state index is -1.08. The fraction of sp³-hybridized carbons (Fsp3) is 0.182. The summed E-state index contributed by atoms with van der Waals surface area (Å²) in [4.78, 5) is 26.0. The first kappa shape index (κ1) is 13.9. The van der Waals surface area contributed by atoms with Gasteiger partial charge >= 0.3 is 12.0 Å². The molecule has 0 saturated heterocycles. The zero-order valence-electron chi connectivity index (χ0n) is 10.2. The molecule has 2 heterocycles. The summed E-state index contributed by atoms with van der Waals surface area (Å²) in [7, 11) is 0. The maximum Gasteiger partial charge on any atom is 0.355 e. The third kappa shape index (κ3) is 3.99. The van der Waals surface area contributed by atoms with Gasteiger partial charge in [0.1, 0.15) is 5.01 Å². The first-order chi connectivity index (χ1) is 9.65. The molecule has 9 heteroatoms. The van der Waals surface area contributed by atoms with Crippen LogP contribution in [0.4, 0.5) is 4.79 Å². The Morgan fingerprint density at radius 3 is 2.75 bits per heavy atom. The number of carbonyl (C=O) groups is 2. The maximum absolute atomic E-state index is 11.5. The van der Waals surface area contributed by atoms with Gasteiger partial charge in [-0.05, 0) is 12.1 Å². The van der Waals surface area contributed by atoms with Crippen molar-refractivity contribution in [3.8, 4) is 0 Å². The zero-order valence-corrected chi connectivity index (χ0v) is 11.1. The fourth-order valence-corrected chi connectivity index (χ4v) is 2.01. The second-order valence-corrected chi connectivity index (χ2v) is 4.63. The highest BCUT2D eigenvalue weighted by molar-refractivity contribution is 7.09. The quantitative estimate of drug-likeness (QED) is 0.744. The molecule has 0 atom stereocenters. The van der Waals surface area contributed by atoms with Crippen LogP contribution in [-0.2, 0) is 13.1 Å². The number of urea groups is 1. The number of carboxylic acids is 1. The Hall–Kier alpha value is -2.55. The lowest BCUT2D eigenvalue weighted by Gasteiger charge is -2.05. The Bertz CT molecular complexity index is 601. The fourth-order valence-electron chi connectivity index (χ4n) is 1.31. The summed E-state index contributed by atoms with van der Waals surface area (Å²) in [5, 5.41) is 23.4. The topological polar surface area (TPSA) is 117 Å². The van der Waals surface area contributed by atoms with Crippen LogP contribution in [0.1, 0.15) is 21.2 Å². The number of carboxylic acid groups (broad SMARTS) is 1. The Kier molecular flexibility index (Phi) is 4.56. The number of rotatable bonds is 5. The van der Waals surface area contributed by atoms with Crippen molar-refractivity contribution < 1.29 is 14.7 Å². The molecule has 0 radical (unpaired) electrons. The predicted octanol–water partition coefficient (Wildman–Crippen LogP) is 0.631. The number of aromatic carboxylic acids is 1. The molecule has 20 heavy (non-hydrogen) atoms. The lowest BCUT2D eigenvalue weighted by atomic mass is 10.4. The largest absolute Gasteiger partial charge is 0.476 e. The van der Waals surface area contributed by atoms with Crippen LogP contribution >= 0.6 is 11.3 Å². The third-order valence-electron chi connectivity index (χ3n) is 2.23. The van der Waals surface area contributed by atoms with Crippen molar-refractivity contribution in [2.75, 3.05) is 0 Å². The highest BCUT2D eigenvalue weighted by Crippen LogP contribution is 2.09. The SMILES string of the molecule is O=C(NCc1cccnn1)NCc1nc(C(=O)O)cs1. The van der Waals surface area contributed by atoms with E-state index in [9.17, 15) is 9.59 Å². The molecule has 0 aliphatic carbocycles. The Morgan fingerprint density at radius 1 is 1.30 bits per heavy atom. The molecule has 2 rings (SSSR count). The smallest absolute Gasteiger partial charge is 0.355 e. The van der Waals surface area contributed by atoms with E-state index >= 15 is 0 Å². The molecule has 0 spiro atoms. The molecule has 0 aliphatic rings.